The summed E-state index contributed by atoms with van der Waals surface area (Å²) in [6.07, 6.45) is 4.43. The molecular formula is C38H45N5O5Si. The summed E-state index contributed by atoms with van der Waals surface area (Å²) < 4.78 is 13.2. The number of hydrogen-bond acceptors (Lipinski definition) is 7. The van der Waals surface area contributed by atoms with Gasteiger partial charge in [0.2, 0.25) is 9.68 Å². The molecule has 0 unspecified atom stereocenters. The monoisotopic (exact) mass is 679 g/mol. The van der Waals surface area contributed by atoms with E-state index in [9.17, 15) is 14.7 Å². The lowest BCUT2D eigenvalue weighted by Crippen LogP contribution is -2.46. The zero-order chi connectivity index (χ0) is 34.3. The van der Waals surface area contributed by atoms with E-state index in [0.29, 0.717) is 56.2 Å². The van der Waals surface area contributed by atoms with Crippen molar-refractivity contribution in [3.63, 3.8) is 0 Å². The molecule has 0 aliphatic carbocycles. The average molecular weight is 680 g/mol. The van der Waals surface area contributed by atoms with Gasteiger partial charge >= 0.3 is 0 Å². The van der Waals surface area contributed by atoms with E-state index in [1.165, 1.54) is 0 Å². The van der Waals surface area contributed by atoms with E-state index in [0.717, 1.165) is 64.9 Å². The molecule has 1 atom stereocenters. The molecule has 0 saturated heterocycles. The summed E-state index contributed by atoms with van der Waals surface area (Å²) in [7, 11) is 0.205. The molecule has 256 valence electrons. The van der Waals surface area contributed by atoms with Crippen LogP contribution in [0.4, 0.5) is 5.69 Å². The van der Waals surface area contributed by atoms with Crippen molar-refractivity contribution in [3.8, 4) is 17.2 Å². The number of benzene rings is 3. The van der Waals surface area contributed by atoms with Crippen LogP contribution in [0.2, 0.25) is 0 Å². The first kappa shape index (κ1) is 34.3. The van der Waals surface area contributed by atoms with Crippen molar-refractivity contribution >= 4 is 32.4 Å². The van der Waals surface area contributed by atoms with Crippen molar-refractivity contribution < 1.29 is 24.2 Å². The maximum Gasteiger partial charge on any atom is 0.274 e. The van der Waals surface area contributed by atoms with Crippen molar-refractivity contribution in [3.05, 3.63) is 94.8 Å². The van der Waals surface area contributed by atoms with Crippen molar-refractivity contribution in [2.45, 2.75) is 65.5 Å². The minimum atomic E-state index is -0.368. The molecule has 4 aromatic rings. The van der Waals surface area contributed by atoms with Gasteiger partial charge < -0.3 is 29.4 Å². The van der Waals surface area contributed by atoms with Crippen LogP contribution < -0.4 is 19.6 Å². The Morgan fingerprint density at radius 2 is 1.69 bits per heavy atom. The van der Waals surface area contributed by atoms with E-state index in [4.69, 9.17) is 14.6 Å². The Hall–Kier alpha value is -4.61. The number of carbonyl (C=O) groups excluding carboxylic acids is 2. The number of anilines is 1. The fourth-order valence-corrected chi connectivity index (χ4v) is 7.19. The number of hydrogen-bond donors (Lipinski definition) is 2. The third-order valence-corrected chi connectivity index (χ3v) is 10.1. The van der Waals surface area contributed by atoms with Gasteiger partial charge in [0, 0.05) is 31.0 Å². The standard InChI is InChI=1S/C38H45N5O5Si/c1-4-6-16-41(17-7-5-2)38(46)33-20-26(3)43(39-33)34-14-12-29(40-49-31-13-15-35-36(23-31)48-19-18-47-35)22-32(34)37(45)42-24-28-11-9-8-10-27(28)21-30(42)25-44/h8-15,20,22-23,30,40,44H,4-7,16-19,21,24-25H2,1-3H3/t30-/m0/s1. The van der Waals surface area contributed by atoms with Crippen LogP contribution in [0.5, 0.6) is 11.5 Å². The fourth-order valence-electron chi connectivity index (χ4n) is 6.38. The Morgan fingerprint density at radius 3 is 2.43 bits per heavy atom. The van der Waals surface area contributed by atoms with E-state index in [-0.39, 0.29) is 34.1 Å². The lowest BCUT2D eigenvalue weighted by atomic mass is 9.93. The normalized spacial score (nSPS) is 15.1. The van der Waals surface area contributed by atoms with Crippen LogP contribution in [0.3, 0.4) is 0 Å². The van der Waals surface area contributed by atoms with Gasteiger partial charge in [0.1, 0.15) is 13.2 Å². The molecule has 6 rings (SSSR count). The molecule has 1 aromatic heterocycles. The minimum absolute atomic E-state index is 0.0940. The molecule has 2 radical (unpaired) electrons. The average Bonchev–Trinajstić information content (AvgIpc) is 3.53. The van der Waals surface area contributed by atoms with Crippen LogP contribution in [0.25, 0.3) is 5.69 Å². The van der Waals surface area contributed by atoms with Crippen LogP contribution >= 0.6 is 0 Å². The second-order valence-electron chi connectivity index (χ2n) is 12.7. The summed E-state index contributed by atoms with van der Waals surface area (Å²) in [5, 5.41) is 16.3. The Bertz CT molecular complexity index is 1780. The summed E-state index contributed by atoms with van der Waals surface area (Å²) in [6.45, 7) is 8.83. The summed E-state index contributed by atoms with van der Waals surface area (Å²) in [5.41, 5.74) is 5.12. The molecule has 2 N–H and O–H groups in total. The molecule has 0 saturated carbocycles. The van der Waals surface area contributed by atoms with E-state index < -0.39 is 0 Å². The van der Waals surface area contributed by atoms with Crippen LogP contribution in [-0.2, 0) is 13.0 Å². The highest BCUT2D eigenvalue weighted by Crippen LogP contribution is 2.30. The predicted molar refractivity (Wildman–Crippen MR) is 191 cm³/mol. The van der Waals surface area contributed by atoms with Gasteiger partial charge in [0.15, 0.2) is 17.2 Å². The van der Waals surface area contributed by atoms with Gasteiger partial charge in [-0.05, 0) is 78.9 Å². The van der Waals surface area contributed by atoms with Gasteiger partial charge in [-0.1, -0.05) is 57.0 Å². The predicted octanol–water partition coefficient (Wildman–Crippen LogP) is 4.91. The van der Waals surface area contributed by atoms with Crippen LogP contribution in [0.1, 0.15) is 77.2 Å². The maximum absolute atomic E-state index is 14.6. The smallest absolute Gasteiger partial charge is 0.274 e. The zero-order valence-corrected chi connectivity index (χ0v) is 29.6. The molecule has 0 fully saturated rings. The summed E-state index contributed by atoms with van der Waals surface area (Å²) >= 11 is 0. The van der Waals surface area contributed by atoms with Crippen molar-refractivity contribution in [1.29, 1.82) is 0 Å². The second-order valence-corrected chi connectivity index (χ2v) is 13.7. The highest BCUT2D eigenvalue weighted by atomic mass is 28.2. The third-order valence-electron chi connectivity index (χ3n) is 9.13. The van der Waals surface area contributed by atoms with E-state index in [2.05, 4.69) is 24.9 Å². The molecule has 0 spiro atoms. The molecule has 10 nitrogen and oxygen atoms in total. The van der Waals surface area contributed by atoms with Gasteiger partial charge in [-0.15, -0.1) is 0 Å². The van der Waals surface area contributed by atoms with E-state index in [1.807, 2.05) is 72.5 Å². The molecule has 11 heteroatoms. The number of aliphatic hydroxyl groups is 1. The zero-order valence-electron chi connectivity index (χ0n) is 28.6. The second kappa shape index (κ2) is 15.7. The summed E-state index contributed by atoms with van der Waals surface area (Å²) in [5.74, 6) is 1.17. The highest BCUT2D eigenvalue weighted by molar-refractivity contribution is 6.57. The maximum atomic E-state index is 14.6. The van der Waals surface area contributed by atoms with Crippen LogP contribution in [0, 0.1) is 6.92 Å². The molecule has 2 amide bonds. The number of aromatic nitrogens is 2. The first-order valence-electron chi connectivity index (χ1n) is 17.3. The van der Waals surface area contributed by atoms with Crippen molar-refractivity contribution in [1.82, 2.24) is 19.6 Å². The summed E-state index contributed by atoms with van der Waals surface area (Å²) in [4.78, 5) is 35.5. The number of aliphatic hydroxyl groups excluding tert-OH is 1. The van der Waals surface area contributed by atoms with Crippen LogP contribution in [-0.4, -0.2) is 85.1 Å². The number of ether oxygens (including phenoxy) is 2. The molecule has 0 bridgehead atoms. The van der Waals surface area contributed by atoms with E-state index >= 15 is 0 Å². The largest absolute Gasteiger partial charge is 0.486 e. The molecule has 3 heterocycles. The minimum Gasteiger partial charge on any atom is -0.486 e. The fraction of sp³-hybridized carbons (Fsp3) is 0.395. The van der Waals surface area contributed by atoms with Crippen molar-refractivity contribution in [2.75, 3.05) is 37.9 Å². The molecular weight excluding hydrogens is 635 g/mol. The van der Waals surface area contributed by atoms with Crippen LogP contribution in [0.15, 0.2) is 66.7 Å². The first-order valence-corrected chi connectivity index (χ1v) is 18.3. The Kier molecular flexibility index (Phi) is 11.0. The summed E-state index contributed by atoms with van der Waals surface area (Å²) in [6, 6.07) is 21.1. The number of amides is 2. The molecule has 49 heavy (non-hydrogen) atoms. The lowest BCUT2D eigenvalue weighted by Gasteiger charge is -2.36. The van der Waals surface area contributed by atoms with Gasteiger partial charge in [0.25, 0.3) is 11.8 Å². The van der Waals surface area contributed by atoms with Gasteiger partial charge in [-0.3, -0.25) is 9.59 Å². The highest BCUT2D eigenvalue weighted by Gasteiger charge is 2.32. The van der Waals surface area contributed by atoms with E-state index in [1.54, 1.807) is 9.58 Å². The molecule has 3 aromatic carbocycles. The molecule has 2 aliphatic heterocycles. The Morgan fingerprint density at radius 1 is 0.959 bits per heavy atom. The number of fused-ring (bicyclic) bond motifs is 2. The SMILES string of the molecule is CCCCN(CCCC)C(=O)c1cc(C)n(-c2ccc(N[Si]c3ccc4c(c3)OCCO4)cc2C(=O)N2Cc3ccccc3C[C@H]2CO)n1. The van der Waals surface area contributed by atoms with Crippen molar-refractivity contribution in [2.24, 2.45) is 0 Å². The first-order chi connectivity index (χ1) is 23.9. The number of unbranched alkanes of at least 4 members (excludes halogenated alkanes) is 2. The van der Waals surface area contributed by atoms with Gasteiger partial charge in [-0.25, -0.2) is 4.68 Å². The quantitative estimate of drug-likeness (QED) is 0.193. The number of rotatable bonds is 13. The molecule has 2 aliphatic rings. The Balaban J connectivity index is 1.34. The van der Waals surface area contributed by atoms with Gasteiger partial charge in [0.05, 0.1) is 23.9 Å². The third kappa shape index (κ3) is 7.68. The number of nitrogens with one attached hydrogen (secondary N) is 1. The number of aryl methyl sites for hydroxylation is 1. The lowest BCUT2D eigenvalue weighted by molar-refractivity contribution is 0.0544. The Labute approximate surface area is 290 Å². The number of nitrogens with zero attached hydrogens (tertiary/aromatic N) is 4. The number of carbonyl (C=O) groups is 2. The van der Waals surface area contributed by atoms with Gasteiger partial charge in [-0.2, -0.15) is 5.10 Å². The topological polar surface area (TPSA) is 109 Å².